The molecule has 2 aliphatic rings. The van der Waals surface area contributed by atoms with Gasteiger partial charge in [0, 0.05) is 17.2 Å². The van der Waals surface area contributed by atoms with Crippen LogP contribution in [-0.4, -0.2) is 51.5 Å². The Balaban J connectivity index is 1.33. The van der Waals surface area contributed by atoms with Crippen molar-refractivity contribution in [2.45, 2.75) is 47.0 Å². The summed E-state index contributed by atoms with van der Waals surface area (Å²) in [6, 6.07) is 42.6. The SMILES string of the molecule is O=c1ccn([C@@H]2O[C@H](COC(c3ccccc3)(c3ccccc3)c3ccccc3)[C@@H](N3CCCC3)[C@H]2Sc2ccccc2)c(=O)[nH]1. The Bertz CT molecular complexity index is 1730. The van der Waals surface area contributed by atoms with Crippen molar-refractivity contribution in [3.05, 3.63) is 171 Å². The van der Waals surface area contributed by atoms with Gasteiger partial charge >= 0.3 is 5.69 Å². The first kappa shape index (κ1) is 30.4. The van der Waals surface area contributed by atoms with Crippen molar-refractivity contribution >= 4 is 11.8 Å². The van der Waals surface area contributed by atoms with Crippen LogP contribution in [0.3, 0.4) is 0 Å². The van der Waals surface area contributed by atoms with Gasteiger partial charge in [0.2, 0.25) is 0 Å². The second-order valence-corrected chi connectivity index (χ2v) is 13.1. The van der Waals surface area contributed by atoms with Crippen molar-refractivity contribution in [2.75, 3.05) is 19.7 Å². The molecule has 1 N–H and O–H groups in total. The van der Waals surface area contributed by atoms with Gasteiger partial charge in [-0.1, -0.05) is 109 Å². The average molecular weight is 632 g/mol. The van der Waals surface area contributed by atoms with E-state index in [1.807, 2.05) is 72.8 Å². The number of likely N-dealkylation sites (tertiary alicyclic amines) is 1. The molecule has 7 rings (SSSR count). The summed E-state index contributed by atoms with van der Waals surface area (Å²) in [5.41, 5.74) is 1.24. The fraction of sp³-hybridized carbons (Fsp3) is 0.263. The number of hydrogen-bond donors (Lipinski definition) is 1. The molecule has 2 saturated heterocycles. The second kappa shape index (κ2) is 13.6. The van der Waals surface area contributed by atoms with Crippen LogP contribution >= 0.6 is 11.8 Å². The van der Waals surface area contributed by atoms with E-state index in [1.54, 1.807) is 18.0 Å². The molecule has 0 unspecified atom stereocenters. The molecule has 3 heterocycles. The van der Waals surface area contributed by atoms with Gasteiger partial charge in [-0.15, -0.1) is 11.8 Å². The highest BCUT2D eigenvalue weighted by atomic mass is 32.2. The van der Waals surface area contributed by atoms with Crippen LogP contribution in [-0.2, 0) is 15.1 Å². The summed E-state index contributed by atoms with van der Waals surface area (Å²) in [7, 11) is 0. The Labute approximate surface area is 272 Å². The molecule has 0 radical (unpaired) electrons. The quantitative estimate of drug-likeness (QED) is 0.189. The molecular formula is C38H37N3O4S. The molecule has 2 fully saturated rings. The zero-order valence-corrected chi connectivity index (χ0v) is 26.3. The van der Waals surface area contributed by atoms with E-state index >= 15 is 0 Å². The van der Waals surface area contributed by atoms with E-state index in [4.69, 9.17) is 9.47 Å². The number of nitrogens with one attached hydrogen (secondary N) is 1. The predicted octanol–water partition coefficient (Wildman–Crippen LogP) is 6.07. The van der Waals surface area contributed by atoms with Crippen molar-refractivity contribution in [2.24, 2.45) is 0 Å². The third-order valence-corrected chi connectivity index (χ3v) is 10.3. The smallest absolute Gasteiger partial charge is 0.330 e. The van der Waals surface area contributed by atoms with Crippen LogP contribution in [0.2, 0.25) is 0 Å². The fourth-order valence-corrected chi connectivity index (χ4v) is 8.38. The molecule has 0 bridgehead atoms. The number of rotatable bonds is 10. The van der Waals surface area contributed by atoms with Crippen LogP contribution in [0.5, 0.6) is 0 Å². The Hall–Kier alpha value is -4.21. The molecule has 234 valence electrons. The molecule has 5 aromatic rings. The second-order valence-electron chi connectivity index (χ2n) is 11.8. The highest BCUT2D eigenvalue weighted by Gasteiger charge is 2.51. The van der Waals surface area contributed by atoms with Crippen molar-refractivity contribution in [1.82, 2.24) is 14.5 Å². The number of H-pyrrole nitrogens is 1. The minimum absolute atomic E-state index is 0.0449. The molecular weight excluding hydrogens is 595 g/mol. The topological polar surface area (TPSA) is 76.6 Å². The minimum Gasteiger partial charge on any atom is -0.358 e. The summed E-state index contributed by atoms with van der Waals surface area (Å²) < 4.78 is 15.8. The first-order chi connectivity index (χ1) is 22.6. The van der Waals surface area contributed by atoms with E-state index in [9.17, 15) is 9.59 Å². The lowest BCUT2D eigenvalue weighted by atomic mass is 9.80. The molecule has 0 aliphatic carbocycles. The molecule has 2 aliphatic heterocycles. The van der Waals surface area contributed by atoms with Crippen molar-refractivity contribution in [1.29, 1.82) is 0 Å². The Morgan fingerprint density at radius 3 is 1.78 bits per heavy atom. The van der Waals surface area contributed by atoms with Gasteiger partial charge in [-0.25, -0.2) is 4.79 Å². The van der Waals surface area contributed by atoms with Crippen molar-refractivity contribution < 1.29 is 9.47 Å². The molecule has 4 aromatic carbocycles. The number of benzene rings is 4. The monoisotopic (exact) mass is 631 g/mol. The van der Waals surface area contributed by atoms with Crippen LogP contribution < -0.4 is 11.2 Å². The third-order valence-electron chi connectivity index (χ3n) is 9.02. The zero-order valence-electron chi connectivity index (χ0n) is 25.5. The molecule has 0 amide bonds. The summed E-state index contributed by atoms with van der Waals surface area (Å²) in [6.07, 6.45) is 2.79. The summed E-state index contributed by atoms with van der Waals surface area (Å²) in [5.74, 6) is 0. The first-order valence-corrected chi connectivity index (χ1v) is 16.7. The third kappa shape index (κ3) is 6.01. The lowest BCUT2D eigenvalue weighted by molar-refractivity contribution is -0.0875. The molecule has 0 spiro atoms. The normalized spacial score (nSPS) is 21.8. The fourth-order valence-electron chi connectivity index (χ4n) is 6.95. The van der Waals surface area contributed by atoms with Gasteiger partial charge in [-0.3, -0.25) is 19.2 Å². The number of nitrogens with zero attached hydrogens (tertiary/aromatic N) is 2. The van der Waals surface area contributed by atoms with Gasteiger partial charge in [-0.05, 0) is 54.8 Å². The maximum absolute atomic E-state index is 13.2. The van der Waals surface area contributed by atoms with E-state index < -0.39 is 23.1 Å². The van der Waals surface area contributed by atoms with Crippen LogP contribution in [0, 0.1) is 0 Å². The van der Waals surface area contributed by atoms with Gasteiger partial charge in [0.15, 0.2) is 6.23 Å². The number of thioether (sulfide) groups is 1. The lowest BCUT2D eigenvalue weighted by Crippen LogP contribution is -2.48. The van der Waals surface area contributed by atoms with Gasteiger partial charge in [0.1, 0.15) is 11.7 Å². The predicted molar refractivity (Wildman–Crippen MR) is 181 cm³/mol. The van der Waals surface area contributed by atoms with Crippen LogP contribution in [0.4, 0.5) is 0 Å². The van der Waals surface area contributed by atoms with E-state index in [1.165, 1.54) is 10.6 Å². The highest BCUT2D eigenvalue weighted by molar-refractivity contribution is 8.00. The average Bonchev–Trinajstić information content (AvgIpc) is 3.75. The number of ether oxygens (including phenoxy) is 2. The molecule has 7 nitrogen and oxygen atoms in total. The van der Waals surface area contributed by atoms with Crippen molar-refractivity contribution in [3.8, 4) is 0 Å². The summed E-state index contributed by atoms with van der Waals surface area (Å²) >= 11 is 1.71. The molecule has 46 heavy (non-hydrogen) atoms. The number of aromatic nitrogens is 2. The van der Waals surface area contributed by atoms with E-state index in [0.29, 0.717) is 0 Å². The van der Waals surface area contributed by atoms with E-state index in [2.05, 4.69) is 58.4 Å². The highest BCUT2D eigenvalue weighted by Crippen LogP contribution is 2.46. The summed E-state index contributed by atoms with van der Waals surface area (Å²) in [4.78, 5) is 31.3. The lowest BCUT2D eigenvalue weighted by Gasteiger charge is -2.38. The number of aromatic amines is 1. The Kier molecular flexibility index (Phi) is 9.03. The molecule has 4 atom stereocenters. The van der Waals surface area contributed by atoms with Gasteiger partial charge in [-0.2, -0.15) is 0 Å². The van der Waals surface area contributed by atoms with Crippen LogP contribution in [0.15, 0.2) is 148 Å². The van der Waals surface area contributed by atoms with Crippen molar-refractivity contribution in [3.63, 3.8) is 0 Å². The number of hydrogen-bond acceptors (Lipinski definition) is 6. The molecule has 0 saturated carbocycles. The Morgan fingerprint density at radius 1 is 0.739 bits per heavy atom. The van der Waals surface area contributed by atoms with E-state index in [0.717, 1.165) is 47.5 Å². The standard InChI is InChI=1S/C38H37N3O4S/c42-33-23-26-41(37(43)39-33)36-35(46-31-21-11-4-12-22-31)34(40-24-13-14-25-40)32(45-36)27-44-38(28-15-5-1-6-16-28,29-17-7-2-8-18-29)30-19-9-3-10-20-30/h1-12,15-23,26,32,34-36H,13-14,24-25,27H2,(H,39,42,43)/t32-,34-,35-,36-/m1/s1. The molecule has 8 heteroatoms. The largest absolute Gasteiger partial charge is 0.358 e. The summed E-state index contributed by atoms with van der Waals surface area (Å²) in [5, 5.41) is -0.141. The minimum atomic E-state index is -0.905. The molecule has 1 aromatic heterocycles. The van der Waals surface area contributed by atoms with Crippen LogP contribution in [0.1, 0.15) is 35.8 Å². The van der Waals surface area contributed by atoms with Crippen LogP contribution in [0.25, 0.3) is 0 Å². The van der Waals surface area contributed by atoms with Gasteiger partial charge in [0.25, 0.3) is 5.56 Å². The first-order valence-electron chi connectivity index (χ1n) is 15.9. The summed E-state index contributed by atoms with van der Waals surface area (Å²) in [6.45, 7) is 2.18. The zero-order chi connectivity index (χ0) is 31.3. The Morgan fingerprint density at radius 2 is 1.26 bits per heavy atom. The van der Waals surface area contributed by atoms with E-state index in [-0.39, 0.29) is 24.0 Å². The maximum atomic E-state index is 13.2. The van der Waals surface area contributed by atoms with Gasteiger partial charge < -0.3 is 9.47 Å². The maximum Gasteiger partial charge on any atom is 0.330 e. The van der Waals surface area contributed by atoms with Gasteiger partial charge in [0.05, 0.1) is 17.9 Å².